The third-order valence-corrected chi connectivity index (χ3v) is 7.11. The van der Waals surface area contributed by atoms with Gasteiger partial charge in [-0.05, 0) is 45.1 Å². The zero-order valence-electron chi connectivity index (χ0n) is 20.8. The number of rotatable bonds is 7. The van der Waals surface area contributed by atoms with E-state index < -0.39 is 0 Å². The standard InChI is InChI=1S/C26H31FN6O2/c1-30(2)8-9-31(3)24-7-6-16(14-29-24)19-12-20-22(13-21(19)27)28-15-23-25(20)33(26(34)32(23)4)17-10-18(11-17)35-5/h6-7,12-15,17-18H,8-11H2,1-5H3. The molecule has 0 unspecified atom stereocenters. The second kappa shape index (κ2) is 9.05. The molecule has 3 heterocycles. The van der Waals surface area contributed by atoms with Crippen molar-refractivity contribution in [3.8, 4) is 11.1 Å². The Morgan fingerprint density at radius 3 is 2.54 bits per heavy atom. The van der Waals surface area contributed by atoms with E-state index in [-0.39, 0.29) is 23.7 Å². The van der Waals surface area contributed by atoms with E-state index in [1.165, 1.54) is 6.07 Å². The first kappa shape index (κ1) is 23.4. The van der Waals surface area contributed by atoms with E-state index in [0.29, 0.717) is 16.6 Å². The first-order valence-corrected chi connectivity index (χ1v) is 11.8. The molecule has 0 aliphatic heterocycles. The third-order valence-electron chi connectivity index (χ3n) is 7.11. The largest absolute Gasteiger partial charge is 0.381 e. The molecular formula is C26H31FN6O2. The Morgan fingerprint density at radius 1 is 1.11 bits per heavy atom. The van der Waals surface area contributed by atoms with Crippen molar-refractivity contribution < 1.29 is 9.13 Å². The molecule has 0 radical (unpaired) electrons. The van der Waals surface area contributed by atoms with Gasteiger partial charge in [0.05, 0.1) is 28.9 Å². The predicted octanol–water partition coefficient (Wildman–Crippen LogP) is 3.44. The molecule has 1 aromatic carbocycles. The number of benzene rings is 1. The van der Waals surface area contributed by atoms with Crippen LogP contribution in [0.15, 0.2) is 41.5 Å². The molecule has 8 nitrogen and oxygen atoms in total. The van der Waals surface area contributed by atoms with Crippen LogP contribution in [-0.4, -0.2) is 71.4 Å². The molecule has 1 saturated carbocycles. The highest BCUT2D eigenvalue weighted by Gasteiger charge is 2.34. The van der Waals surface area contributed by atoms with Crippen LogP contribution in [0.4, 0.5) is 10.2 Å². The van der Waals surface area contributed by atoms with Crippen LogP contribution in [0.1, 0.15) is 18.9 Å². The molecule has 1 aliphatic carbocycles. The lowest BCUT2D eigenvalue weighted by Gasteiger charge is -2.34. The number of hydrogen-bond donors (Lipinski definition) is 0. The van der Waals surface area contributed by atoms with Gasteiger partial charge in [0, 0.05) is 69.1 Å². The average Bonchev–Trinajstić information content (AvgIpc) is 3.07. The summed E-state index contributed by atoms with van der Waals surface area (Å²) in [5, 5.41) is 0.754. The van der Waals surface area contributed by atoms with E-state index in [1.807, 2.05) is 37.8 Å². The molecule has 9 heteroatoms. The van der Waals surface area contributed by atoms with Crippen molar-refractivity contribution in [2.75, 3.05) is 46.2 Å². The third kappa shape index (κ3) is 4.08. The second-order valence-corrected chi connectivity index (χ2v) is 9.67. The number of likely N-dealkylation sites (N-methyl/N-ethyl adjacent to an activating group) is 2. The van der Waals surface area contributed by atoms with Crippen molar-refractivity contribution in [2.24, 2.45) is 7.05 Å². The van der Waals surface area contributed by atoms with Gasteiger partial charge in [0.2, 0.25) is 0 Å². The number of aryl methyl sites for hydroxylation is 1. The van der Waals surface area contributed by atoms with Crippen molar-refractivity contribution in [3.05, 3.63) is 53.0 Å². The summed E-state index contributed by atoms with van der Waals surface area (Å²) in [5.41, 5.74) is 3.07. The van der Waals surface area contributed by atoms with Gasteiger partial charge >= 0.3 is 5.69 Å². The number of halogens is 1. The first-order chi connectivity index (χ1) is 16.8. The number of methoxy groups -OCH3 is 1. The highest BCUT2D eigenvalue weighted by atomic mass is 19.1. The highest BCUT2D eigenvalue weighted by molar-refractivity contribution is 6.04. The van der Waals surface area contributed by atoms with E-state index in [9.17, 15) is 4.79 Å². The molecule has 3 aromatic heterocycles. The zero-order chi connectivity index (χ0) is 24.9. The Bertz CT molecular complexity index is 1440. The monoisotopic (exact) mass is 478 g/mol. The number of anilines is 1. The van der Waals surface area contributed by atoms with E-state index in [1.54, 1.807) is 37.2 Å². The molecule has 35 heavy (non-hydrogen) atoms. The summed E-state index contributed by atoms with van der Waals surface area (Å²) in [6.45, 7) is 1.75. The van der Waals surface area contributed by atoms with Crippen LogP contribution >= 0.6 is 0 Å². The molecule has 5 rings (SSSR count). The molecular weight excluding hydrogens is 447 g/mol. The zero-order valence-corrected chi connectivity index (χ0v) is 20.8. The quantitative estimate of drug-likeness (QED) is 0.405. The number of aromatic nitrogens is 4. The molecule has 0 amide bonds. The Hall–Kier alpha value is -3.30. The minimum Gasteiger partial charge on any atom is -0.381 e. The van der Waals surface area contributed by atoms with Gasteiger partial charge in [0.25, 0.3) is 0 Å². The maximum Gasteiger partial charge on any atom is 0.329 e. The summed E-state index contributed by atoms with van der Waals surface area (Å²) >= 11 is 0. The molecule has 184 valence electrons. The Morgan fingerprint density at radius 2 is 1.89 bits per heavy atom. The number of pyridine rings is 2. The molecule has 0 saturated heterocycles. The average molecular weight is 479 g/mol. The fourth-order valence-corrected chi connectivity index (χ4v) is 4.78. The number of ether oxygens (including phenoxy) is 1. The number of nitrogens with zero attached hydrogens (tertiary/aromatic N) is 6. The summed E-state index contributed by atoms with van der Waals surface area (Å²) < 4.78 is 24.1. The van der Waals surface area contributed by atoms with Crippen LogP contribution in [0, 0.1) is 5.82 Å². The normalized spacial score (nSPS) is 17.9. The van der Waals surface area contributed by atoms with E-state index in [4.69, 9.17) is 4.74 Å². The van der Waals surface area contributed by atoms with Gasteiger partial charge in [-0.2, -0.15) is 0 Å². The maximum absolute atomic E-state index is 15.2. The van der Waals surface area contributed by atoms with E-state index >= 15 is 4.39 Å². The van der Waals surface area contributed by atoms with Crippen molar-refractivity contribution in [2.45, 2.75) is 25.0 Å². The van der Waals surface area contributed by atoms with Crippen molar-refractivity contribution in [1.29, 1.82) is 0 Å². The molecule has 1 fully saturated rings. The van der Waals surface area contributed by atoms with Gasteiger partial charge in [-0.3, -0.25) is 14.1 Å². The molecule has 0 atom stereocenters. The maximum atomic E-state index is 15.2. The molecule has 4 aromatic rings. The van der Waals surface area contributed by atoms with Crippen LogP contribution in [0.3, 0.4) is 0 Å². The number of imidazole rings is 1. The van der Waals surface area contributed by atoms with Crippen molar-refractivity contribution >= 4 is 27.8 Å². The smallest absolute Gasteiger partial charge is 0.329 e. The number of hydrogen-bond acceptors (Lipinski definition) is 6. The number of fused-ring (bicyclic) bond motifs is 3. The molecule has 0 bridgehead atoms. The van der Waals surface area contributed by atoms with E-state index in [0.717, 1.165) is 48.2 Å². The minimum atomic E-state index is -0.368. The Kier molecular flexibility index (Phi) is 6.06. The summed E-state index contributed by atoms with van der Waals surface area (Å²) in [6, 6.07) is 7.09. The lowest BCUT2D eigenvalue weighted by molar-refractivity contribution is 0.00635. The molecule has 1 aliphatic rings. The van der Waals surface area contributed by atoms with Crippen LogP contribution in [-0.2, 0) is 11.8 Å². The Labute approximate surface area is 203 Å². The van der Waals surface area contributed by atoms with E-state index in [2.05, 4.69) is 19.8 Å². The topological polar surface area (TPSA) is 68.4 Å². The lowest BCUT2D eigenvalue weighted by atomic mass is 9.89. The van der Waals surface area contributed by atoms with Crippen LogP contribution in [0.25, 0.3) is 33.1 Å². The lowest BCUT2D eigenvalue weighted by Crippen LogP contribution is -2.37. The van der Waals surface area contributed by atoms with Crippen molar-refractivity contribution in [3.63, 3.8) is 0 Å². The fourth-order valence-electron chi connectivity index (χ4n) is 4.78. The van der Waals surface area contributed by atoms with Gasteiger partial charge in [-0.25, -0.2) is 14.2 Å². The van der Waals surface area contributed by atoms with Crippen molar-refractivity contribution in [1.82, 2.24) is 24.0 Å². The van der Waals surface area contributed by atoms with Gasteiger partial charge in [0.15, 0.2) is 0 Å². The predicted molar refractivity (Wildman–Crippen MR) is 137 cm³/mol. The summed E-state index contributed by atoms with van der Waals surface area (Å²) in [6.07, 6.45) is 5.07. The summed E-state index contributed by atoms with van der Waals surface area (Å²) in [5.74, 6) is 0.461. The summed E-state index contributed by atoms with van der Waals surface area (Å²) in [4.78, 5) is 26.4. The highest BCUT2D eigenvalue weighted by Crippen LogP contribution is 2.38. The summed E-state index contributed by atoms with van der Waals surface area (Å²) in [7, 11) is 9.51. The van der Waals surface area contributed by atoms with Gasteiger partial charge in [-0.15, -0.1) is 0 Å². The first-order valence-electron chi connectivity index (χ1n) is 11.8. The van der Waals surface area contributed by atoms with Gasteiger partial charge in [-0.1, -0.05) is 0 Å². The van der Waals surface area contributed by atoms with Gasteiger partial charge in [0.1, 0.15) is 11.6 Å². The SMILES string of the molecule is COC1CC(n2c(=O)n(C)c3cnc4cc(F)c(-c5ccc(N(C)CCN(C)C)nc5)cc4c32)C1. The second-order valence-electron chi connectivity index (χ2n) is 9.67. The Balaban J connectivity index is 1.59. The van der Waals surface area contributed by atoms with Crippen LogP contribution in [0.2, 0.25) is 0 Å². The van der Waals surface area contributed by atoms with Crippen LogP contribution in [0.5, 0.6) is 0 Å². The van der Waals surface area contributed by atoms with Gasteiger partial charge < -0.3 is 14.5 Å². The molecule has 0 spiro atoms. The molecule has 0 N–H and O–H groups in total. The fraction of sp³-hybridized carbons (Fsp3) is 0.423. The minimum absolute atomic E-state index is 0.0499. The van der Waals surface area contributed by atoms with Crippen LogP contribution < -0.4 is 10.6 Å².